The van der Waals surface area contributed by atoms with E-state index in [2.05, 4.69) is 9.97 Å². The lowest BCUT2D eigenvalue weighted by molar-refractivity contribution is 0.431. The second-order valence-electron chi connectivity index (χ2n) is 6.93. The van der Waals surface area contributed by atoms with Crippen molar-refractivity contribution in [1.29, 1.82) is 0 Å². The Kier molecular flexibility index (Phi) is 4.80. The monoisotopic (exact) mass is 404 g/mol. The van der Waals surface area contributed by atoms with Crippen molar-refractivity contribution < 1.29 is 17.2 Å². The molecule has 1 fully saturated rings. The summed E-state index contributed by atoms with van der Waals surface area (Å²) in [5, 5.41) is 0. The fraction of sp³-hybridized carbons (Fsp3) is 0.368. The first-order valence-electron chi connectivity index (χ1n) is 9.10. The van der Waals surface area contributed by atoms with E-state index in [0.29, 0.717) is 48.9 Å². The minimum atomic E-state index is -3.77. The molecule has 148 valence electrons. The summed E-state index contributed by atoms with van der Waals surface area (Å²) in [6.07, 6.45) is 0.610. The van der Waals surface area contributed by atoms with Crippen LogP contribution in [0.4, 0.5) is 10.4 Å². The topological polar surface area (TPSA) is 79.5 Å². The van der Waals surface area contributed by atoms with Crippen LogP contribution in [0.3, 0.4) is 0 Å². The molecule has 0 saturated carbocycles. The lowest BCUT2D eigenvalue weighted by Gasteiger charge is -2.21. The van der Waals surface area contributed by atoms with Crippen LogP contribution in [0.25, 0.3) is 11.2 Å². The second-order valence-corrected chi connectivity index (χ2v) is 8.83. The number of fused-ring (bicyclic) bond motifs is 1. The standard InChI is InChI=1S/C19H21FN4O3S/c1-13-4-6-15(20)12-17(13)28(25,26)24-9-3-8-23(10-11-24)19-22-18-16(27-19)7-5-14(2)21-18/h4-7,12H,3,8-11H2,1-2H3. The van der Waals surface area contributed by atoms with Crippen molar-refractivity contribution in [3.8, 4) is 0 Å². The van der Waals surface area contributed by atoms with Crippen molar-refractivity contribution in [3.63, 3.8) is 0 Å². The molecule has 0 atom stereocenters. The number of rotatable bonds is 3. The molecular formula is C19H21FN4O3S. The third kappa shape index (κ3) is 3.47. The number of sulfonamides is 1. The van der Waals surface area contributed by atoms with Crippen LogP contribution in [0, 0.1) is 19.7 Å². The van der Waals surface area contributed by atoms with Gasteiger partial charge in [-0.2, -0.15) is 9.29 Å². The molecule has 0 unspecified atom stereocenters. The number of hydrogen-bond donors (Lipinski definition) is 0. The SMILES string of the molecule is Cc1ccc2oc(N3CCCN(S(=O)(=O)c4cc(F)ccc4C)CC3)nc2n1. The highest BCUT2D eigenvalue weighted by molar-refractivity contribution is 7.89. The third-order valence-corrected chi connectivity index (χ3v) is 6.92. The Morgan fingerprint density at radius 2 is 1.86 bits per heavy atom. The predicted molar refractivity (Wildman–Crippen MR) is 103 cm³/mol. The summed E-state index contributed by atoms with van der Waals surface area (Å²) in [7, 11) is -3.77. The lowest BCUT2D eigenvalue weighted by atomic mass is 10.2. The molecule has 0 aliphatic carbocycles. The van der Waals surface area contributed by atoms with E-state index in [1.54, 1.807) is 6.92 Å². The number of benzene rings is 1. The van der Waals surface area contributed by atoms with Gasteiger partial charge in [-0.15, -0.1) is 0 Å². The zero-order valence-corrected chi connectivity index (χ0v) is 16.5. The maximum absolute atomic E-state index is 13.6. The van der Waals surface area contributed by atoms with E-state index in [9.17, 15) is 12.8 Å². The average molecular weight is 404 g/mol. The van der Waals surface area contributed by atoms with Gasteiger partial charge in [0.2, 0.25) is 15.7 Å². The summed E-state index contributed by atoms with van der Waals surface area (Å²) in [4.78, 5) is 10.7. The molecule has 3 heterocycles. The maximum atomic E-state index is 13.6. The van der Waals surface area contributed by atoms with Crippen LogP contribution >= 0.6 is 0 Å². The van der Waals surface area contributed by atoms with E-state index in [0.717, 1.165) is 11.8 Å². The average Bonchev–Trinajstić information content (AvgIpc) is 2.90. The molecule has 28 heavy (non-hydrogen) atoms. The van der Waals surface area contributed by atoms with Gasteiger partial charge >= 0.3 is 0 Å². The van der Waals surface area contributed by atoms with Gasteiger partial charge in [0.05, 0.1) is 4.90 Å². The van der Waals surface area contributed by atoms with E-state index in [1.807, 2.05) is 24.0 Å². The Morgan fingerprint density at radius 1 is 1.04 bits per heavy atom. The zero-order chi connectivity index (χ0) is 19.9. The fourth-order valence-electron chi connectivity index (χ4n) is 3.35. The summed E-state index contributed by atoms with van der Waals surface area (Å²) in [6, 6.07) is 7.96. The van der Waals surface area contributed by atoms with Gasteiger partial charge in [0, 0.05) is 31.9 Å². The Bertz CT molecular complexity index is 1130. The van der Waals surface area contributed by atoms with E-state index in [4.69, 9.17) is 4.42 Å². The summed E-state index contributed by atoms with van der Waals surface area (Å²) < 4.78 is 46.9. The number of nitrogens with zero attached hydrogens (tertiary/aromatic N) is 4. The molecule has 0 amide bonds. The number of hydrogen-bond acceptors (Lipinski definition) is 6. The number of oxazole rings is 1. The Balaban J connectivity index is 1.56. The highest BCUT2D eigenvalue weighted by Crippen LogP contribution is 2.25. The molecule has 3 aromatic rings. The lowest BCUT2D eigenvalue weighted by Crippen LogP contribution is -2.35. The van der Waals surface area contributed by atoms with Gasteiger partial charge in [-0.1, -0.05) is 6.07 Å². The number of pyridine rings is 1. The molecule has 9 heteroatoms. The van der Waals surface area contributed by atoms with Crippen LogP contribution < -0.4 is 4.90 Å². The molecule has 0 spiro atoms. The van der Waals surface area contributed by atoms with Crippen molar-refractivity contribution in [2.24, 2.45) is 0 Å². The largest absolute Gasteiger partial charge is 0.422 e. The Hall–Kier alpha value is -2.52. The summed E-state index contributed by atoms with van der Waals surface area (Å²) in [5.74, 6) is -0.560. The normalized spacial score (nSPS) is 16.5. The highest BCUT2D eigenvalue weighted by atomic mass is 32.2. The zero-order valence-electron chi connectivity index (χ0n) is 15.7. The number of anilines is 1. The van der Waals surface area contributed by atoms with Crippen LogP contribution in [0.2, 0.25) is 0 Å². The molecule has 0 radical (unpaired) electrons. The molecule has 1 saturated heterocycles. The molecule has 0 bridgehead atoms. The van der Waals surface area contributed by atoms with Gasteiger partial charge in [-0.25, -0.2) is 17.8 Å². The predicted octanol–water partition coefficient (Wildman–Crippen LogP) is 2.88. The second kappa shape index (κ2) is 7.14. The highest BCUT2D eigenvalue weighted by Gasteiger charge is 2.29. The molecule has 7 nitrogen and oxygen atoms in total. The minimum Gasteiger partial charge on any atom is -0.422 e. The molecule has 2 aromatic heterocycles. The Labute approximate surface area is 162 Å². The fourth-order valence-corrected chi connectivity index (χ4v) is 5.06. The first-order chi connectivity index (χ1) is 13.3. The van der Waals surface area contributed by atoms with Gasteiger partial charge in [0.25, 0.3) is 6.01 Å². The van der Waals surface area contributed by atoms with Crippen molar-refractivity contribution >= 4 is 27.3 Å². The quantitative estimate of drug-likeness (QED) is 0.668. The van der Waals surface area contributed by atoms with Crippen molar-refractivity contribution in [2.45, 2.75) is 25.2 Å². The third-order valence-electron chi connectivity index (χ3n) is 4.87. The summed E-state index contributed by atoms with van der Waals surface area (Å²) >= 11 is 0. The van der Waals surface area contributed by atoms with Crippen LogP contribution in [0.1, 0.15) is 17.7 Å². The number of aromatic nitrogens is 2. The summed E-state index contributed by atoms with van der Waals surface area (Å²) in [5.41, 5.74) is 2.53. The minimum absolute atomic E-state index is 0.0162. The van der Waals surface area contributed by atoms with Gasteiger partial charge in [-0.05, 0) is 50.1 Å². The van der Waals surface area contributed by atoms with Crippen LogP contribution in [-0.2, 0) is 10.0 Å². The first-order valence-corrected chi connectivity index (χ1v) is 10.5. The van der Waals surface area contributed by atoms with Gasteiger partial charge in [0.15, 0.2) is 5.58 Å². The van der Waals surface area contributed by atoms with Gasteiger partial charge < -0.3 is 9.32 Å². The van der Waals surface area contributed by atoms with E-state index in [1.165, 1.54) is 16.4 Å². The van der Waals surface area contributed by atoms with Crippen molar-refractivity contribution in [2.75, 3.05) is 31.1 Å². The molecule has 4 rings (SSSR count). The summed E-state index contributed by atoms with van der Waals surface area (Å²) in [6.45, 7) is 5.22. The van der Waals surface area contributed by atoms with Crippen molar-refractivity contribution in [3.05, 3.63) is 47.4 Å². The van der Waals surface area contributed by atoms with Gasteiger partial charge in [-0.3, -0.25) is 0 Å². The molecular weight excluding hydrogens is 383 g/mol. The van der Waals surface area contributed by atoms with Crippen molar-refractivity contribution in [1.82, 2.24) is 14.3 Å². The van der Waals surface area contributed by atoms with Gasteiger partial charge in [0.1, 0.15) is 5.82 Å². The number of aryl methyl sites for hydroxylation is 2. The molecule has 0 N–H and O–H groups in total. The van der Waals surface area contributed by atoms with Crippen LogP contribution in [-0.4, -0.2) is 48.9 Å². The molecule has 1 aliphatic rings. The van der Waals surface area contributed by atoms with E-state index >= 15 is 0 Å². The van der Waals surface area contributed by atoms with Crippen LogP contribution in [0.15, 0.2) is 39.6 Å². The number of halogens is 1. The van der Waals surface area contributed by atoms with Crippen LogP contribution in [0.5, 0.6) is 0 Å². The van der Waals surface area contributed by atoms with E-state index in [-0.39, 0.29) is 11.4 Å². The molecule has 1 aromatic carbocycles. The first kappa shape index (κ1) is 18.8. The molecule has 1 aliphatic heterocycles. The maximum Gasteiger partial charge on any atom is 0.299 e. The Morgan fingerprint density at radius 3 is 2.68 bits per heavy atom. The smallest absolute Gasteiger partial charge is 0.299 e. The van der Waals surface area contributed by atoms with E-state index < -0.39 is 15.8 Å².